The Morgan fingerprint density at radius 3 is 2.44 bits per heavy atom. The Balaban J connectivity index is 2.35. The highest BCUT2D eigenvalue weighted by atomic mass is 16.5. The highest BCUT2D eigenvalue weighted by Gasteiger charge is 2.01. The Morgan fingerprint density at radius 2 is 1.83 bits per heavy atom. The number of ether oxygens (including phenoxy) is 1. The van der Waals surface area contributed by atoms with Gasteiger partial charge in [0.15, 0.2) is 11.8 Å². The van der Waals surface area contributed by atoms with Gasteiger partial charge in [-0.2, -0.15) is 4.99 Å². The average Bonchev–Trinajstić information content (AvgIpc) is 2.38. The molecule has 5 heteroatoms. The molecule has 0 fully saturated rings. The number of hydrogen-bond donors (Lipinski definition) is 2. The quantitative estimate of drug-likeness (QED) is 0.633. The van der Waals surface area contributed by atoms with Crippen LogP contribution >= 0.6 is 0 Å². The third-order valence-electron chi connectivity index (χ3n) is 2.36. The van der Waals surface area contributed by atoms with Gasteiger partial charge in [-0.15, -0.1) is 0 Å². The second kappa shape index (κ2) is 5.18. The number of guanidine groups is 1. The number of aromatic nitrogens is 1. The van der Waals surface area contributed by atoms with Gasteiger partial charge in [0.1, 0.15) is 5.75 Å². The Kier molecular flexibility index (Phi) is 3.43. The van der Waals surface area contributed by atoms with E-state index in [9.17, 15) is 0 Å². The van der Waals surface area contributed by atoms with Crippen molar-refractivity contribution < 1.29 is 4.74 Å². The van der Waals surface area contributed by atoms with Crippen molar-refractivity contribution in [3.05, 3.63) is 42.5 Å². The molecule has 1 aromatic carbocycles. The zero-order valence-corrected chi connectivity index (χ0v) is 10.00. The fourth-order valence-electron chi connectivity index (χ4n) is 1.54. The number of hydrogen-bond acceptors (Lipinski definition) is 3. The number of pyridine rings is 1. The summed E-state index contributed by atoms with van der Waals surface area (Å²) in [5, 5.41) is 0. The first-order chi connectivity index (χ1) is 8.69. The van der Waals surface area contributed by atoms with E-state index >= 15 is 0 Å². The zero-order valence-electron chi connectivity index (χ0n) is 10.00. The molecule has 0 saturated heterocycles. The van der Waals surface area contributed by atoms with Crippen LogP contribution in [0.4, 0.5) is 5.82 Å². The molecule has 0 radical (unpaired) electrons. The molecule has 0 amide bonds. The summed E-state index contributed by atoms with van der Waals surface area (Å²) >= 11 is 0. The predicted molar refractivity (Wildman–Crippen MR) is 71.7 cm³/mol. The Bertz CT molecular complexity index is 559. The summed E-state index contributed by atoms with van der Waals surface area (Å²) in [5.74, 6) is 1.29. The number of methoxy groups -OCH3 is 1. The molecular weight excluding hydrogens is 228 g/mol. The number of rotatable bonds is 3. The summed E-state index contributed by atoms with van der Waals surface area (Å²) in [5.41, 5.74) is 12.4. The van der Waals surface area contributed by atoms with Crippen LogP contribution in [0.3, 0.4) is 0 Å². The smallest absolute Gasteiger partial charge is 0.192 e. The summed E-state index contributed by atoms with van der Waals surface area (Å²) in [6.45, 7) is 0. The van der Waals surface area contributed by atoms with Crippen LogP contribution in [0, 0.1) is 0 Å². The van der Waals surface area contributed by atoms with E-state index in [4.69, 9.17) is 16.2 Å². The maximum Gasteiger partial charge on any atom is 0.192 e. The average molecular weight is 242 g/mol. The summed E-state index contributed by atoms with van der Waals surface area (Å²) in [6.07, 6.45) is 0. The molecule has 0 aliphatic heterocycles. The number of nitrogens with zero attached hydrogens (tertiary/aromatic N) is 2. The van der Waals surface area contributed by atoms with Crippen LogP contribution in [0.5, 0.6) is 5.75 Å². The summed E-state index contributed by atoms with van der Waals surface area (Å²) < 4.78 is 5.11. The molecule has 0 saturated carbocycles. The monoisotopic (exact) mass is 242 g/mol. The molecule has 4 N–H and O–H groups in total. The van der Waals surface area contributed by atoms with Gasteiger partial charge in [-0.25, -0.2) is 4.98 Å². The molecule has 5 nitrogen and oxygen atoms in total. The first kappa shape index (κ1) is 11.9. The lowest BCUT2D eigenvalue weighted by Gasteiger charge is -2.04. The molecule has 0 atom stereocenters. The van der Waals surface area contributed by atoms with Crippen LogP contribution in [-0.2, 0) is 0 Å². The summed E-state index contributed by atoms with van der Waals surface area (Å²) in [7, 11) is 1.63. The van der Waals surface area contributed by atoms with Gasteiger partial charge in [-0.05, 0) is 36.4 Å². The molecule has 92 valence electrons. The number of aliphatic imine (C=N–C) groups is 1. The topological polar surface area (TPSA) is 86.5 Å². The molecule has 0 spiro atoms. The first-order valence-electron chi connectivity index (χ1n) is 5.40. The van der Waals surface area contributed by atoms with Crippen LogP contribution in [-0.4, -0.2) is 18.1 Å². The highest BCUT2D eigenvalue weighted by Crippen LogP contribution is 2.22. The molecule has 0 aliphatic rings. The fourth-order valence-corrected chi connectivity index (χ4v) is 1.54. The summed E-state index contributed by atoms with van der Waals surface area (Å²) in [4.78, 5) is 8.27. The lowest BCUT2D eigenvalue weighted by molar-refractivity contribution is 0.415. The Morgan fingerprint density at radius 1 is 1.11 bits per heavy atom. The van der Waals surface area contributed by atoms with E-state index in [0.717, 1.165) is 17.0 Å². The lowest BCUT2D eigenvalue weighted by atomic mass is 10.1. The first-order valence-corrected chi connectivity index (χ1v) is 5.40. The van der Waals surface area contributed by atoms with E-state index in [1.54, 1.807) is 13.2 Å². The van der Waals surface area contributed by atoms with Gasteiger partial charge >= 0.3 is 0 Å². The van der Waals surface area contributed by atoms with E-state index in [1.807, 2.05) is 36.4 Å². The minimum absolute atomic E-state index is 0.00520. The largest absolute Gasteiger partial charge is 0.497 e. The molecule has 1 heterocycles. The van der Waals surface area contributed by atoms with Crippen LogP contribution in [0.15, 0.2) is 47.5 Å². The second-order valence-electron chi connectivity index (χ2n) is 3.65. The standard InChI is InChI=1S/C13H14N4O/c1-18-10-7-5-9(6-8-10)11-3-2-4-12(16-11)17-13(14)15/h2-8H,1H3,(H4,14,15,16,17). The normalized spacial score (nSPS) is 9.83. The predicted octanol–water partition coefficient (Wildman–Crippen LogP) is 1.66. The van der Waals surface area contributed by atoms with Gasteiger partial charge < -0.3 is 16.2 Å². The number of nitrogens with two attached hydrogens (primary N) is 2. The fraction of sp³-hybridized carbons (Fsp3) is 0.0769. The molecule has 2 aromatic rings. The van der Waals surface area contributed by atoms with Crippen molar-refractivity contribution in [3.63, 3.8) is 0 Å². The van der Waals surface area contributed by atoms with Gasteiger partial charge in [0, 0.05) is 5.56 Å². The van der Waals surface area contributed by atoms with Crippen molar-refractivity contribution >= 4 is 11.8 Å². The van der Waals surface area contributed by atoms with Crippen LogP contribution in [0.2, 0.25) is 0 Å². The molecule has 0 bridgehead atoms. The van der Waals surface area contributed by atoms with Gasteiger partial charge in [-0.3, -0.25) is 0 Å². The van der Waals surface area contributed by atoms with E-state index in [0.29, 0.717) is 5.82 Å². The minimum atomic E-state index is -0.00520. The van der Waals surface area contributed by atoms with Gasteiger partial charge in [0.2, 0.25) is 0 Å². The third kappa shape index (κ3) is 2.76. The van der Waals surface area contributed by atoms with E-state index in [-0.39, 0.29) is 5.96 Å². The minimum Gasteiger partial charge on any atom is -0.497 e. The van der Waals surface area contributed by atoms with Gasteiger partial charge in [0.05, 0.1) is 12.8 Å². The van der Waals surface area contributed by atoms with Crippen molar-refractivity contribution in [3.8, 4) is 17.0 Å². The third-order valence-corrected chi connectivity index (χ3v) is 2.36. The summed E-state index contributed by atoms with van der Waals surface area (Å²) in [6, 6.07) is 13.1. The van der Waals surface area contributed by atoms with Crippen molar-refractivity contribution in [2.45, 2.75) is 0 Å². The van der Waals surface area contributed by atoms with E-state index in [2.05, 4.69) is 9.98 Å². The molecule has 1 aromatic heterocycles. The van der Waals surface area contributed by atoms with E-state index < -0.39 is 0 Å². The van der Waals surface area contributed by atoms with Crippen LogP contribution in [0.1, 0.15) is 0 Å². The van der Waals surface area contributed by atoms with Crippen molar-refractivity contribution in [2.75, 3.05) is 7.11 Å². The van der Waals surface area contributed by atoms with Crippen molar-refractivity contribution in [1.82, 2.24) is 4.98 Å². The van der Waals surface area contributed by atoms with Crippen molar-refractivity contribution in [1.29, 1.82) is 0 Å². The molecule has 0 unspecified atom stereocenters. The van der Waals surface area contributed by atoms with Crippen LogP contribution in [0.25, 0.3) is 11.3 Å². The van der Waals surface area contributed by atoms with Crippen LogP contribution < -0.4 is 16.2 Å². The Labute approximate surface area is 105 Å². The van der Waals surface area contributed by atoms with Gasteiger partial charge in [0.25, 0.3) is 0 Å². The molecule has 18 heavy (non-hydrogen) atoms. The maximum absolute atomic E-state index is 5.32. The lowest BCUT2D eigenvalue weighted by Crippen LogP contribution is -2.22. The highest BCUT2D eigenvalue weighted by molar-refractivity contribution is 5.78. The molecular formula is C13H14N4O. The number of benzene rings is 1. The van der Waals surface area contributed by atoms with Gasteiger partial charge in [-0.1, -0.05) is 6.07 Å². The maximum atomic E-state index is 5.32. The SMILES string of the molecule is COc1ccc(-c2cccc(N=C(N)N)n2)cc1. The molecule has 2 rings (SSSR count). The second-order valence-corrected chi connectivity index (χ2v) is 3.65. The van der Waals surface area contributed by atoms with Crippen molar-refractivity contribution in [2.24, 2.45) is 16.5 Å². The Hall–Kier alpha value is -2.56. The van der Waals surface area contributed by atoms with E-state index in [1.165, 1.54) is 0 Å². The zero-order chi connectivity index (χ0) is 13.0. The molecule has 0 aliphatic carbocycles.